The van der Waals surface area contributed by atoms with E-state index in [1.165, 1.54) is 18.2 Å². The minimum atomic E-state index is 0. The number of benzene rings is 3. The van der Waals surface area contributed by atoms with Crippen molar-refractivity contribution in [2.75, 3.05) is 0 Å². The molecule has 3 radical (unpaired) electrons. The van der Waals surface area contributed by atoms with Gasteiger partial charge >= 0.3 is 0 Å². The van der Waals surface area contributed by atoms with Crippen LogP contribution in [0.3, 0.4) is 0 Å². The molecule has 0 amide bonds. The molecule has 3 aromatic heterocycles. The number of phenols is 3. The molecular formula is C33H24AlN6O3. The Morgan fingerprint density at radius 2 is 0.721 bits per heavy atom. The zero-order valence-electron chi connectivity index (χ0n) is 23.5. The second-order valence-electron chi connectivity index (χ2n) is 9.29. The summed E-state index contributed by atoms with van der Waals surface area (Å²) in [6.45, 7) is 5.68. The van der Waals surface area contributed by atoms with Gasteiger partial charge in [0.15, 0.2) is 0 Å². The van der Waals surface area contributed by atoms with Crippen LogP contribution >= 0.6 is 0 Å². The number of pyridine rings is 3. The number of hydrogen-bond donors (Lipinski definition) is 3. The lowest BCUT2D eigenvalue weighted by molar-refractivity contribution is 0.480. The highest BCUT2D eigenvalue weighted by molar-refractivity contribution is 5.93. The molecule has 3 aromatic carbocycles. The van der Waals surface area contributed by atoms with Crippen LogP contribution in [0, 0.1) is 54.8 Å². The molecule has 0 spiro atoms. The molecule has 0 unspecified atom stereocenters. The summed E-state index contributed by atoms with van der Waals surface area (Å²) in [7, 11) is 0. The summed E-state index contributed by atoms with van der Waals surface area (Å²) >= 11 is 0. The van der Waals surface area contributed by atoms with Crippen LogP contribution in [0.2, 0.25) is 0 Å². The third-order valence-electron chi connectivity index (χ3n) is 6.60. The minimum absolute atomic E-state index is 0. The van der Waals surface area contributed by atoms with Gasteiger partial charge in [0.1, 0.15) is 33.8 Å². The summed E-state index contributed by atoms with van der Waals surface area (Å²) in [5.41, 5.74) is 5.94. The Morgan fingerprint density at radius 1 is 0.465 bits per heavy atom. The highest BCUT2D eigenvalue weighted by Gasteiger charge is 2.09. The molecule has 6 rings (SSSR count). The second kappa shape index (κ2) is 13.8. The van der Waals surface area contributed by atoms with Gasteiger partial charge in [-0.2, -0.15) is 15.8 Å². The van der Waals surface area contributed by atoms with Crippen LogP contribution < -0.4 is 0 Å². The number of nitriles is 3. The van der Waals surface area contributed by atoms with Crippen molar-refractivity contribution in [1.82, 2.24) is 15.0 Å². The van der Waals surface area contributed by atoms with Crippen molar-refractivity contribution in [3.05, 3.63) is 107 Å². The zero-order valence-corrected chi connectivity index (χ0v) is 24.7. The average molecular weight is 580 g/mol. The Kier molecular flexibility index (Phi) is 10.2. The fourth-order valence-corrected chi connectivity index (χ4v) is 4.53. The Labute approximate surface area is 258 Å². The van der Waals surface area contributed by atoms with Crippen LogP contribution in [0.1, 0.15) is 33.4 Å². The van der Waals surface area contributed by atoms with Gasteiger partial charge in [0.05, 0.1) is 34.9 Å². The van der Waals surface area contributed by atoms with Gasteiger partial charge in [-0.15, -0.1) is 0 Å². The number of fused-ring (bicyclic) bond motifs is 3. The monoisotopic (exact) mass is 579 g/mol. The van der Waals surface area contributed by atoms with Crippen LogP contribution in [0.5, 0.6) is 17.2 Å². The molecule has 0 saturated heterocycles. The van der Waals surface area contributed by atoms with Crippen molar-refractivity contribution < 1.29 is 15.3 Å². The largest absolute Gasteiger partial charge is 0.506 e. The van der Waals surface area contributed by atoms with Gasteiger partial charge in [0.25, 0.3) is 0 Å². The van der Waals surface area contributed by atoms with Crippen molar-refractivity contribution in [1.29, 1.82) is 15.8 Å². The lowest BCUT2D eigenvalue weighted by atomic mass is 10.0. The summed E-state index contributed by atoms with van der Waals surface area (Å²) in [4.78, 5) is 12.1. The molecule has 0 saturated carbocycles. The number of aryl methyl sites for hydroxylation is 3. The first kappa shape index (κ1) is 31.8. The maximum Gasteiger partial charge on any atom is 0.141 e. The fourth-order valence-electron chi connectivity index (χ4n) is 4.53. The Hall–Kier alpha value is -5.71. The van der Waals surface area contributed by atoms with Gasteiger partial charge < -0.3 is 15.3 Å². The number of nitrogens with zero attached hydrogens (tertiary/aromatic N) is 6. The van der Waals surface area contributed by atoms with Gasteiger partial charge in [-0.1, -0.05) is 0 Å². The summed E-state index contributed by atoms with van der Waals surface area (Å²) in [6, 6.07) is 21.0. The van der Waals surface area contributed by atoms with E-state index in [0.717, 1.165) is 32.8 Å². The standard InChI is InChI=1S/3C11H8N2O.Al/c3*1-7-4-5-13-11-9(14)3-2-8(6-12)10(7)11;/h3*2-5,14H,1H3;. The summed E-state index contributed by atoms with van der Waals surface area (Å²) < 4.78 is 0. The van der Waals surface area contributed by atoms with Crippen molar-refractivity contribution in [3.63, 3.8) is 0 Å². The normalized spacial score (nSPS) is 9.77. The third kappa shape index (κ3) is 6.46. The van der Waals surface area contributed by atoms with E-state index in [-0.39, 0.29) is 34.6 Å². The van der Waals surface area contributed by atoms with Crippen LogP contribution in [0.25, 0.3) is 32.7 Å². The van der Waals surface area contributed by atoms with E-state index in [4.69, 9.17) is 15.8 Å². The molecule has 3 heterocycles. The quantitative estimate of drug-likeness (QED) is 0.183. The summed E-state index contributed by atoms with van der Waals surface area (Å²) in [6.07, 6.45) is 4.87. The highest BCUT2D eigenvalue weighted by Crippen LogP contribution is 2.29. The van der Waals surface area contributed by atoms with Crippen molar-refractivity contribution in [2.24, 2.45) is 0 Å². The van der Waals surface area contributed by atoms with Gasteiger partial charge in [0.2, 0.25) is 0 Å². The highest BCUT2D eigenvalue weighted by atomic mass is 27.0. The zero-order chi connectivity index (χ0) is 30.4. The molecule has 9 nitrogen and oxygen atoms in total. The molecule has 0 bridgehead atoms. The van der Waals surface area contributed by atoms with Crippen molar-refractivity contribution >= 4 is 50.1 Å². The van der Waals surface area contributed by atoms with Crippen molar-refractivity contribution in [3.8, 4) is 35.5 Å². The van der Waals surface area contributed by atoms with E-state index in [9.17, 15) is 15.3 Å². The summed E-state index contributed by atoms with van der Waals surface area (Å²) in [5.74, 6) is 0.341. The predicted octanol–water partition coefficient (Wildman–Crippen LogP) is 5.98. The van der Waals surface area contributed by atoms with E-state index >= 15 is 0 Å². The van der Waals surface area contributed by atoms with Crippen LogP contribution in [-0.4, -0.2) is 47.6 Å². The van der Waals surface area contributed by atoms with E-state index in [1.807, 2.05) is 39.0 Å². The maximum absolute atomic E-state index is 9.54. The maximum atomic E-state index is 9.54. The van der Waals surface area contributed by atoms with Crippen molar-refractivity contribution in [2.45, 2.75) is 20.8 Å². The van der Waals surface area contributed by atoms with Crippen LogP contribution in [-0.2, 0) is 0 Å². The molecule has 0 aliphatic rings. The molecule has 0 aliphatic carbocycles. The first-order chi connectivity index (χ1) is 20.2. The SMILES string of the molecule is Cc1ccnc2c(O)ccc(C#N)c12.Cc1ccnc2c(O)ccc(C#N)c12.Cc1ccnc2c(O)ccc(C#N)c12.[Al]. The molecule has 0 aliphatic heterocycles. The van der Waals surface area contributed by atoms with E-state index in [0.29, 0.717) is 33.2 Å². The number of phenolic OH excluding ortho intramolecular Hbond substituents is 3. The second-order valence-corrected chi connectivity index (χ2v) is 9.29. The molecule has 0 fully saturated rings. The minimum Gasteiger partial charge on any atom is -0.506 e. The molecule has 6 aromatic rings. The lowest BCUT2D eigenvalue weighted by Gasteiger charge is -2.04. The summed E-state index contributed by atoms with van der Waals surface area (Å²) in [5, 5.41) is 57.5. The molecule has 0 atom stereocenters. The average Bonchev–Trinajstić information content (AvgIpc) is 3.00. The molecular weight excluding hydrogens is 555 g/mol. The van der Waals surface area contributed by atoms with Gasteiger partial charge in [0, 0.05) is 52.1 Å². The number of rotatable bonds is 0. The smallest absolute Gasteiger partial charge is 0.141 e. The van der Waals surface area contributed by atoms with Crippen LogP contribution in [0.15, 0.2) is 73.2 Å². The molecule has 3 N–H and O–H groups in total. The first-order valence-electron chi connectivity index (χ1n) is 12.6. The third-order valence-corrected chi connectivity index (χ3v) is 6.60. The van der Waals surface area contributed by atoms with Crippen LogP contribution in [0.4, 0.5) is 0 Å². The van der Waals surface area contributed by atoms with Gasteiger partial charge in [-0.3, -0.25) is 15.0 Å². The van der Waals surface area contributed by atoms with Gasteiger partial charge in [-0.25, -0.2) is 0 Å². The van der Waals surface area contributed by atoms with E-state index < -0.39 is 0 Å². The first-order valence-corrected chi connectivity index (χ1v) is 12.6. The number of aromatic hydroxyl groups is 3. The Bertz CT molecular complexity index is 1870. The lowest BCUT2D eigenvalue weighted by Crippen LogP contribution is -1.87. The Morgan fingerprint density at radius 3 is 0.953 bits per heavy atom. The predicted molar refractivity (Wildman–Crippen MR) is 164 cm³/mol. The fraction of sp³-hybridized carbons (Fsp3) is 0.0909. The number of aromatic nitrogens is 3. The number of hydrogen-bond acceptors (Lipinski definition) is 9. The topological polar surface area (TPSA) is 171 Å². The molecule has 207 valence electrons. The van der Waals surface area contributed by atoms with E-state index in [2.05, 4.69) is 33.2 Å². The molecule has 43 heavy (non-hydrogen) atoms. The Balaban J connectivity index is 0.000000175. The van der Waals surface area contributed by atoms with E-state index in [1.54, 1.807) is 36.8 Å². The van der Waals surface area contributed by atoms with Gasteiger partial charge in [-0.05, 0) is 92.1 Å². The molecule has 10 heteroatoms.